The third-order valence-corrected chi connectivity index (χ3v) is 7.94. The zero-order chi connectivity index (χ0) is 26.3. The molecule has 2 aromatic carbocycles. The van der Waals surface area contributed by atoms with Gasteiger partial charge < -0.3 is 15.5 Å². The maximum atomic E-state index is 13.1. The van der Waals surface area contributed by atoms with E-state index in [0.717, 1.165) is 5.56 Å². The number of nitrogens with zero attached hydrogens (tertiary/aromatic N) is 2. The molecule has 36 heavy (non-hydrogen) atoms. The summed E-state index contributed by atoms with van der Waals surface area (Å²) >= 11 is 0. The maximum Gasteiger partial charge on any atom is 0.271 e. The Morgan fingerprint density at radius 3 is 2.33 bits per heavy atom. The quantitative estimate of drug-likeness (QED) is 0.290. The van der Waals surface area contributed by atoms with Gasteiger partial charge in [-0.15, -0.1) is 0 Å². The topological polar surface area (TPSA) is 142 Å². The van der Waals surface area contributed by atoms with Gasteiger partial charge in [-0.2, -0.15) is 0 Å². The number of para-hydroxylation sites is 2. The fourth-order valence-corrected chi connectivity index (χ4v) is 5.19. The van der Waals surface area contributed by atoms with Gasteiger partial charge in [-0.05, 0) is 64.3 Å². The lowest BCUT2D eigenvalue weighted by atomic mass is 9.94. The lowest BCUT2D eigenvalue weighted by molar-refractivity contribution is 0.0640. The first-order chi connectivity index (χ1) is 17.0. The van der Waals surface area contributed by atoms with E-state index in [4.69, 9.17) is 0 Å². The van der Waals surface area contributed by atoms with Crippen LogP contribution in [0.1, 0.15) is 49.2 Å². The molecule has 1 heterocycles. The van der Waals surface area contributed by atoms with Crippen LogP contribution in [0.2, 0.25) is 0 Å². The predicted octanol–water partition coefficient (Wildman–Crippen LogP) is 2.19. The Kier molecular flexibility index (Phi) is 9.13. The molecule has 0 saturated heterocycles. The van der Waals surface area contributed by atoms with E-state index in [1.54, 1.807) is 32.0 Å². The van der Waals surface area contributed by atoms with Crippen LogP contribution in [-0.4, -0.2) is 64.6 Å². The highest BCUT2D eigenvalue weighted by Gasteiger charge is 2.32. The Morgan fingerprint density at radius 2 is 1.69 bits per heavy atom. The molecule has 4 N–H and O–H groups in total. The summed E-state index contributed by atoms with van der Waals surface area (Å²) in [4.78, 5) is 21.8. The van der Waals surface area contributed by atoms with Crippen molar-refractivity contribution in [2.24, 2.45) is 0 Å². The number of hydrogen-bond donors (Lipinski definition) is 4. The first-order valence-electron chi connectivity index (χ1n) is 11.9. The van der Waals surface area contributed by atoms with E-state index in [-0.39, 0.29) is 31.4 Å². The smallest absolute Gasteiger partial charge is 0.271 e. The minimum absolute atomic E-state index is 0.0976. The molecule has 3 aromatic rings. The molecular weight excluding hydrogens is 480 g/mol. The monoisotopic (exact) mass is 514 g/mol. The second-order valence-electron chi connectivity index (χ2n) is 9.54. The SMILES string of the molecule is CNS(=O)(=O)[C@H](CCC(C)(C)O)C[C@H](O)[C@H](Cc1ccccc1)NC(=O)c1cnc2ccccc2n1. The van der Waals surface area contributed by atoms with Crippen LogP contribution < -0.4 is 10.0 Å². The highest BCUT2D eigenvalue weighted by molar-refractivity contribution is 7.90. The Morgan fingerprint density at radius 1 is 1.06 bits per heavy atom. The van der Waals surface area contributed by atoms with Crippen LogP contribution in [0.3, 0.4) is 0 Å². The summed E-state index contributed by atoms with van der Waals surface area (Å²) in [7, 11) is -2.43. The second kappa shape index (κ2) is 11.9. The predicted molar refractivity (Wildman–Crippen MR) is 139 cm³/mol. The molecule has 1 amide bonds. The summed E-state index contributed by atoms with van der Waals surface area (Å²) < 4.78 is 27.7. The molecule has 3 atom stereocenters. The van der Waals surface area contributed by atoms with Crippen LogP contribution >= 0.6 is 0 Å². The molecule has 0 fully saturated rings. The molecular formula is C26H34N4O5S. The van der Waals surface area contributed by atoms with Crippen LogP contribution in [0.5, 0.6) is 0 Å². The van der Waals surface area contributed by atoms with Gasteiger partial charge in [-0.3, -0.25) is 9.78 Å². The molecule has 9 nitrogen and oxygen atoms in total. The number of amides is 1. The molecule has 0 bridgehead atoms. The van der Waals surface area contributed by atoms with E-state index in [1.165, 1.54) is 13.2 Å². The van der Waals surface area contributed by atoms with Gasteiger partial charge >= 0.3 is 0 Å². The van der Waals surface area contributed by atoms with Crippen molar-refractivity contribution >= 4 is 27.0 Å². The zero-order valence-electron chi connectivity index (χ0n) is 20.8. The van der Waals surface area contributed by atoms with E-state index in [0.29, 0.717) is 11.0 Å². The number of carbonyl (C=O) groups is 1. The number of aromatic nitrogens is 2. The Balaban J connectivity index is 1.84. The number of sulfonamides is 1. The van der Waals surface area contributed by atoms with Crippen molar-refractivity contribution in [3.05, 3.63) is 72.1 Å². The number of rotatable bonds is 12. The van der Waals surface area contributed by atoms with Crippen molar-refractivity contribution in [1.29, 1.82) is 0 Å². The van der Waals surface area contributed by atoms with E-state index < -0.39 is 38.9 Å². The van der Waals surface area contributed by atoms with Gasteiger partial charge in [0.25, 0.3) is 5.91 Å². The molecule has 0 aliphatic rings. The van der Waals surface area contributed by atoms with Crippen molar-refractivity contribution in [1.82, 2.24) is 20.0 Å². The van der Waals surface area contributed by atoms with Crippen molar-refractivity contribution < 1.29 is 23.4 Å². The molecule has 0 aliphatic carbocycles. The summed E-state index contributed by atoms with van der Waals surface area (Å²) in [6.07, 6.45) is 0.728. The third-order valence-electron chi connectivity index (χ3n) is 6.07. The molecule has 3 rings (SSSR count). The molecule has 0 aliphatic heterocycles. The largest absolute Gasteiger partial charge is 0.391 e. The van der Waals surface area contributed by atoms with Gasteiger partial charge in [0.05, 0.1) is 40.2 Å². The van der Waals surface area contributed by atoms with Crippen molar-refractivity contribution in [3.8, 4) is 0 Å². The Hall–Kier alpha value is -2.92. The van der Waals surface area contributed by atoms with Gasteiger partial charge in [-0.25, -0.2) is 18.1 Å². The first-order valence-corrected chi connectivity index (χ1v) is 13.4. The highest BCUT2D eigenvalue weighted by Crippen LogP contribution is 2.22. The lowest BCUT2D eigenvalue weighted by Gasteiger charge is -2.28. The minimum Gasteiger partial charge on any atom is -0.391 e. The molecule has 0 radical (unpaired) electrons. The summed E-state index contributed by atoms with van der Waals surface area (Å²) in [6.45, 7) is 3.21. The summed E-state index contributed by atoms with van der Waals surface area (Å²) in [5.41, 5.74) is 1.13. The van der Waals surface area contributed by atoms with Gasteiger partial charge in [0.15, 0.2) is 0 Å². The summed E-state index contributed by atoms with van der Waals surface area (Å²) in [5.74, 6) is -0.516. The third kappa shape index (κ3) is 7.79. The van der Waals surface area contributed by atoms with Crippen LogP contribution in [0.15, 0.2) is 60.8 Å². The van der Waals surface area contributed by atoms with Gasteiger partial charge in [0.2, 0.25) is 10.0 Å². The lowest BCUT2D eigenvalue weighted by Crippen LogP contribution is -2.47. The maximum absolute atomic E-state index is 13.1. The summed E-state index contributed by atoms with van der Waals surface area (Å²) in [6, 6.07) is 15.7. The molecule has 1 aromatic heterocycles. The van der Waals surface area contributed by atoms with Crippen molar-refractivity contribution in [2.75, 3.05) is 7.05 Å². The molecule has 0 unspecified atom stereocenters. The number of hydrogen-bond acceptors (Lipinski definition) is 7. The van der Waals surface area contributed by atoms with Crippen molar-refractivity contribution in [2.45, 2.75) is 62.5 Å². The highest BCUT2D eigenvalue weighted by atomic mass is 32.2. The Bertz CT molecular complexity index is 1260. The average Bonchev–Trinajstić information content (AvgIpc) is 2.85. The van der Waals surface area contributed by atoms with Gasteiger partial charge in [0.1, 0.15) is 5.69 Å². The van der Waals surface area contributed by atoms with Gasteiger partial charge in [0, 0.05) is 0 Å². The number of aliphatic hydroxyl groups excluding tert-OH is 1. The fourth-order valence-electron chi connectivity index (χ4n) is 3.97. The van der Waals surface area contributed by atoms with Crippen LogP contribution in [-0.2, 0) is 16.4 Å². The summed E-state index contributed by atoms with van der Waals surface area (Å²) in [5, 5.41) is 23.2. The number of nitrogens with one attached hydrogen (secondary N) is 2. The van der Waals surface area contributed by atoms with Crippen LogP contribution in [0.4, 0.5) is 0 Å². The molecule has 10 heteroatoms. The van der Waals surface area contributed by atoms with Crippen LogP contribution in [0, 0.1) is 0 Å². The molecule has 0 saturated carbocycles. The van der Waals surface area contributed by atoms with Crippen molar-refractivity contribution in [3.63, 3.8) is 0 Å². The van der Waals surface area contributed by atoms with E-state index in [2.05, 4.69) is 20.0 Å². The fraction of sp³-hybridized carbons (Fsp3) is 0.423. The normalized spacial score (nSPS) is 14.8. The van der Waals surface area contributed by atoms with E-state index in [1.807, 2.05) is 36.4 Å². The van der Waals surface area contributed by atoms with E-state index >= 15 is 0 Å². The number of carbonyl (C=O) groups excluding carboxylic acids is 1. The van der Waals surface area contributed by atoms with Gasteiger partial charge in [-0.1, -0.05) is 42.5 Å². The zero-order valence-corrected chi connectivity index (χ0v) is 21.6. The number of aliphatic hydroxyl groups is 2. The van der Waals surface area contributed by atoms with Crippen LogP contribution in [0.25, 0.3) is 11.0 Å². The Labute approximate surface area is 212 Å². The standard InChI is InChI=1S/C26H34N4O5S/c1-26(2,33)14-13-19(36(34,35)27-3)16-24(31)22(15-18-9-5-4-6-10-18)30-25(32)23-17-28-20-11-7-8-12-21(20)29-23/h4-12,17,19,22,24,27,31,33H,13-16H2,1-3H3,(H,30,32)/t19-,22+,24+/m1/s1. The van der Waals surface area contributed by atoms with E-state index in [9.17, 15) is 23.4 Å². The molecule has 0 spiro atoms. The second-order valence-corrected chi connectivity index (χ2v) is 11.7. The number of benzene rings is 2. The first kappa shape index (κ1) is 27.7. The molecule has 194 valence electrons. The minimum atomic E-state index is -3.75. The average molecular weight is 515 g/mol. The number of fused-ring (bicyclic) bond motifs is 1.